The second kappa shape index (κ2) is 6.35. The molecule has 0 atom stereocenters. The Kier molecular flexibility index (Phi) is 4.75. The summed E-state index contributed by atoms with van der Waals surface area (Å²) in [7, 11) is 1.92. The predicted molar refractivity (Wildman–Crippen MR) is 80.9 cm³/mol. The van der Waals surface area contributed by atoms with E-state index in [1.165, 1.54) is 50.0 Å². The van der Waals surface area contributed by atoms with Gasteiger partial charge in [0.15, 0.2) is 10.8 Å². The van der Waals surface area contributed by atoms with E-state index in [4.69, 9.17) is 0 Å². The minimum absolute atomic E-state index is 0.0620. The molecule has 0 spiro atoms. The molecule has 5 nitrogen and oxygen atoms in total. The molecule has 6 heteroatoms. The number of thiophene rings is 1. The van der Waals surface area contributed by atoms with Gasteiger partial charge in [-0.05, 0) is 19.8 Å². The molecule has 0 unspecified atom stereocenters. The summed E-state index contributed by atoms with van der Waals surface area (Å²) in [5.41, 5.74) is 0.0620. The molecule has 2 rings (SSSR count). The Balaban J connectivity index is 2.29. The Morgan fingerprint density at radius 1 is 1.35 bits per heavy atom. The molecule has 20 heavy (non-hydrogen) atoms. The highest BCUT2D eigenvalue weighted by molar-refractivity contribution is 7.18. The smallest absolute Gasteiger partial charge is 0.304 e. The third-order valence-corrected chi connectivity index (χ3v) is 5.25. The third-order valence-electron chi connectivity index (χ3n) is 3.93. The lowest BCUT2D eigenvalue weighted by Crippen LogP contribution is -2.30. The number of rotatable bonds is 4. The van der Waals surface area contributed by atoms with Crippen LogP contribution in [0.1, 0.15) is 55.1 Å². The van der Waals surface area contributed by atoms with Gasteiger partial charge in [0.2, 0.25) is 0 Å². The van der Waals surface area contributed by atoms with E-state index in [2.05, 4.69) is 0 Å². The molecule has 1 aromatic rings. The standard InChI is InChI=1S/C14H20N2O3S/c1-10(17)13-9-12(16(18)19)14(20-13)15(2)11-7-5-3-4-6-8-11/h9,11H,3-8H2,1-2H3. The first kappa shape index (κ1) is 15.0. The lowest BCUT2D eigenvalue weighted by atomic mass is 10.1. The monoisotopic (exact) mass is 296 g/mol. The van der Waals surface area contributed by atoms with Crippen LogP contribution < -0.4 is 4.90 Å². The Labute approximate surface area is 122 Å². The SMILES string of the molecule is CC(=O)c1cc([N+](=O)[O-])c(N(C)C2CCCCCC2)s1. The molecule has 0 amide bonds. The van der Waals surface area contributed by atoms with Gasteiger partial charge in [-0.3, -0.25) is 14.9 Å². The van der Waals surface area contributed by atoms with Crippen molar-refractivity contribution in [1.82, 2.24) is 0 Å². The zero-order valence-electron chi connectivity index (χ0n) is 11.9. The summed E-state index contributed by atoms with van der Waals surface area (Å²) >= 11 is 1.24. The Bertz CT molecular complexity index is 505. The number of anilines is 1. The average molecular weight is 296 g/mol. The second-order valence-electron chi connectivity index (χ2n) is 5.37. The molecule has 0 bridgehead atoms. The highest BCUT2D eigenvalue weighted by Crippen LogP contribution is 2.39. The Hall–Kier alpha value is -1.43. The maximum absolute atomic E-state index is 11.5. The number of hydrogen-bond acceptors (Lipinski definition) is 5. The summed E-state index contributed by atoms with van der Waals surface area (Å²) in [6.45, 7) is 1.45. The van der Waals surface area contributed by atoms with Gasteiger partial charge in [-0.25, -0.2) is 0 Å². The average Bonchev–Trinajstić information content (AvgIpc) is 2.68. The molecule has 0 aliphatic heterocycles. The van der Waals surface area contributed by atoms with Gasteiger partial charge in [0, 0.05) is 19.2 Å². The van der Waals surface area contributed by atoms with Crippen LogP contribution in [0.25, 0.3) is 0 Å². The maximum atomic E-state index is 11.5. The van der Waals surface area contributed by atoms with Crippen LogP contribution in [0.2, 0.25) is 0 Å². The van der Waals surface area contributed by atoms with E-state index in [-0.39, 0.29) is 16.4 Å². The fraction of sp³-hybridized carbons (Fsp3) is 0.643. The maximum Gasteiger partial charge on any atom is 0.304 e. The molecule has 1 aromatic heterocycles. The van der Waals surface area contributed by atoms with Crippen molar-refractivity contribution >= 4 is 27.8 Å². The number of ketones is 1. The second-order valence-corrected chi connectivity index (χ2v) is 6.40. The van der Waals surface area contributed by atoms with Gasteiger partial charge in [0.1, 0.15) is 0 Å². The molecule has 0 saturated heterocycles. The van der Waals surface area contributed by atoms with E-state index >= 15 is 0 Å². The Morgan fingerprint density at radius 2 is 1.95 bits per heavy atom. The number of nitrogens with zero attached hydrogens (tertiary/aromatic N) is 2. The minimum atomic E-state index is -0.383. The number of nitro groups is 1. The summed E-state index contributed by atoms with van der Waals surface area (Å²) in [6, 6.07) is 1.75. The number of Topliss-reactive ketones (excluding diaryl/α,β-unsaturated/α-hetero) is 1. The molecular weight excluding hydrogens is 276 g/mol. The van der Waals surface area contributed by atoms with E-state index in [9.17, 15) is 14.9 Å². The molecule has 1 fully saturated rings. The molecular formula is C14H20N2O3S. The first-order valence-electron chi connectivity index (χ1n) is 7.02. The molecule has 1 aliphatic carbocycles. The van der Waals surface area contributed by atoms with Crippen LogP contribution in [-0.2, 0) is 0 Å². The Morgan fingerprint density at radius 3 is 2.45 bits per heavy atom. The van der Waals surface area contributed by atoms with E-state index in [1.807, 2.05) is 11.9 Å². The fourth-order valence-corrected chi connectivity index (χ4v) is 3.79. The van der Waals surface area contributed by atoms with Gasteiger partial charge >= 0.3 is 5.69 Å². The van der Waals surface area contributed by atoms with Crippen LogP contribution in [0, 0.1) is 10.1 Å². The van der Waals surface area contributed by atoms with Crippen molar-refractivity contribution in [3.8, 4) is 0 Å². The van der Waals surface area contributed by atoms with E-state index < -0.39 is 0 Å². The molecule has 0 aromatic carbocycles. The predicted octanol–water partition coefficient (Wildman–Crippen LogP) is 4.02. The minimum Gasteiger partial charge on any atom is -0.358 e. The lowest BCUT2D eigenvalue weighted by molar-refractivity contribution is -0.383. The number of carbonyl (C=O) groups is 1. The van der Waals surface area contributed by atoms with Crippen molar-refractivity contribution in [1.29, 1.82) is 0 Å². The molecule has 110 valence electrons. The van der Waals surface area contributed by atoms with Crippen molar-refractivity contribution in [2.24, 2.45) is 0 Å². The molecule has 1 saturated carbocycles. The van der Waals surface area contributed by atoms with Crippen LogP contribution in [0.4, 0.5) is 10.7 Å². The van der Waals surface area contributed by atoms with Crippen LogP contribution in [0.3, 0.4) is 0 Å². The van der Waals surface area contributed by atoms with Crippen molar-refractivity contribution < 1.29 is 9.72 Å². The highest BCUT2D eigenvalue weighted by atomic mass is 32.1. The third kappa shape index (κ3) is 3.17. The summed E-state index contributed by atoms with van der Waals surface area (Å²) < 4.78 is 0. The van der Waals surface area contributed by atoms with Gasteiger partial charge in [0.05, 0.1) is 9.80 Å². The van der Waals surface area contributed by atoms with Gasteiger partial charge in [-0.1, -0.05) is 25.7 Å². The van der Waals surface area contributed by atoms with E-state index in [0.717, 1.165) is 12.8 Å². The fourth-order valence-electron chi connectivity index (χ4n) is 2.74. The molecule has 0 N–H and O–H groups in total. The van der Waals surface area contributed by atoms with E-state index in [1.54, 1.807) is 0 Å². The van der Waals surface area contributed by atoms with Crippen molar-refractivity contribution in [2.45, 2.75) is 51.5 Å². The summed E-state index contributed by atoms with van der Waals surface area (Å²) in [6.07, 6.45) is 6.98. The number of hydrogen-bond donors (Lipinski definition) is 0. The normalized spacial score (nSPS) is 16.7. The summed E-state index contributed by atoms with van der Waals surface area (Å²) in [5.74, 6) is -0.112. The van der Waals surface area contributed by atoms with Gasteiger partial charge in [0.25, 0.3) is 0 Å². The molecule has 1 heterocycles. The van der Waals surface area contributed by atoms with E-state index in [0.29, 0.717) is 15.9 Å². The van der Waals surface area contributed by atoms with Crippen LogP contribution in [0.15, 0.2) is 6.07 Å². The van der Waals surface area contributed by atoms with Gasteiger partial charge < -0.3 is 4.90 Å². The highest BCUT2D eigenvalue weighted by Gasteiger charge is 2.27. The van der Waals surface area contributed by atoms with Crippen molar-refractivity contribution in [2.75, 3.05) is 11.9 Å². The largest absolute Gasteiger partial charge is 0.358 e. The quantitative estimate of drug-likeness (QED) is 0.364. The van der Waals surface area contributed by atoms with Crippen LogP contribution in [0.5, 0.6) is 0 Å². The summed E-state index contributed by atoms with van der Waals surface area (Å²) in [5, 5.41) is 11.8. The first-order valence-corrected chi connectivity index (χ1v) is 7.84. The summed E-state index contributed by atoms with van der Waals surface area (Å²) in [4.78, 5) is 24.7. The van der Waals surface area contributed by atoms with Gasteiger partial charge in [-0.15, -0.1) is 11.3 Å². The topological polar surface area (TPSA) is 63.4 Å². The zero-order chi connectivity index (χ0) is 14.7. The lowest BCUT2D eigenvalue weighted by Gasteiger charge is -2.27. The number of carbonyl (C=O) groups excluding carboxylic acids is 1. The zero-order valence-corrected chi connectivity index (χ0v) is 12.7. The van der Waals surface area contributed by atoms with Crippen LogP contribution in [-0.4, -0.2) is 23.8 Å². The molecule has 0 radical (unpaired) electrons. The van der Waals surface area contributed by atoms with Gasteiger partial charge in [-0.2, -0.15) is 0 Å². The van der Waals surface area contributed by atoms with Crippen molar-refractivity contribution in [3.63, 3.8) is 0 Å². The molecule has 1 aliphatic rings. The first-order chi connectivity index (χ1) is 9.50. The van der Waals surface area contributed by atoms with Crippen LogP contribution >= 0.6 is 11.3 Å². The van der Waals surface area contributed by atoms with Crippen molar-refractivity contribution in [3.05, 3.63) is 21.1 Å².